The highest BCUT2D eigenvalue weighted by atomic mass is 28.3. The average Bonchev–Trinajstić information content (AvgIpc) is 2.17. The van der Waals surface area contributed by atoms with Gasteiger partial charge in [0.05, 0.1) is 0 Å². The number of rotatable bonds is 7. The lowest BCUT2D eigenvalue weighted by Crippen LogP contribution is -2.18. The molecule has 5 heteroatoms. The Morgan fingerprint density at radius 2 is 2.00 bits per heavy atom. The van der Waals surface area contributed by atoms with Crippen molar-refractivity contribution >= 4 is 15.3 Å². The lowest BCUT2D eigenvalue weighted by Gasteiger charge is -2.09. The maximum Gasteiger partial charge on any atom is 0.330 e. The van der Waals surface area contributed by atoms with Gasteiger partial charge in [-0.25, -0.2) is 4.79 Å². The quantitative estimate of drug-likeness (QED) is 0.398. The van der Waals surface area contributed by atoms with Crippen LogP contribution in [-0.2, 0) is 13.6 Å². The number of aliphatic carboxylic acids is 1. The SMILES string of the molecule is CO[SiH](CCCC=C(C)C(=O)O)OC. The number of allylic oxidation sites excluding steroid dienone is 1. The van der Waals surface area contributed by atoms with E-state index in [0.717, 1.165) is 18.9 Å². The Hall–Kier alpha value is -0.653. The highest BCUT2D eigenvalue weighted by Crippen LogP contribution is 2.05. The minimum Gasteiger partial charge on any atom is -0.478 e. The van der Waals surface area contributed by atoms with Crippen molar-refractivity contribution in [3.63, 3.8) is 0 Å². The topological polar surface area (TPSA) is 55.8 Å². The van der Waals surface area contributed by atoms with Crippen molar-refractivity contribution in [2.24, 2.45) is 0 Å². The smallest absolute Gasteiger partial charge is 0.330 e. The first-order chi connectivity index (χ1) is 6.61. The van der Waals surface area contributed by atoms with E-state index >= 15 is 0 Å². The van der Waals surface area contributed by atoms with E-state index < -0.39 is 15.3 Å². The minimum atomic E-state index is -1.46. The Morgan fingerprint density at radius 3 is 2.43 bits per heavy atom. The van der Waals surface area contributed by atoms with Crippen molar-refractivity contribution in [2.75, 3.05) is 14.2 Å². The van der Waals surface area contributed by atoms with E-state index in [1.165, 1.54) is 0 Å². The Kier molecular flexibility index (Phi) is 7.36. The molecular weight excluding hydrogens is 200 g/mol. The van der Waals surface area contributed by atoms with Gasteiger partial charge in [0.1, 0.15) is 0 Å². The van der Waals surface area contributed by atoms with E-state index in [0.29, 0.717) is 5.57 Å². The zero-order valence-corrected chi connectivity index (χ0v) is 10.1. The van der Waals surface area contributed by atoms with Crippen LogP contribution in [0.5, 0.6) is 0 Å². The van der Waals surface area contributed by atoms with Crippen LogP contribution in [0.4, 0.5) is 0 Å². The van der Waals surface area contributed by atoms with Crippen LogP contribution >= 0.6 is 0 Å². The van der Waals surface area contributed by atoms with Gasteiger partial charge in [-0.3, -0.25) is 0 Å². The van der Waals surface area contributed by atoms with Gasteiger partial charge in [0.25, 0.3) is 0 Å². The number of unbranched alkanes of at least 4 members (excludes halogenated alkanes) is 1. The van der Waals surface area contributed by atoms with Crippen molar-refractivity contribution in [2.45, 2.75) is 25.8 Å². The summed E-state index contributed by atoms with van der Waals surface area (Å²) in [4.78, 5) is 10.4. The van der Waals surface area contributed by atoms with Crippen molar-refractivity contribution in [3.8, 4) is 0 Å². The number of hydrogen-bond donors (Lipinski definition) is 1. The van der Waals surface area contributed by atoms with Gasteiger partial charge in [0, 0.05) is 19.8 Å². The van der Waals surface area contributed by atoms with Gasteiger partial charge in [-0.1, -0.05) is 6.08 Å². The lowest BCUT2D eigenvalue weighted by atomic mass is 10.2. The monoisotopic (exact) mass is 218 g/mol. The second kappa shape index (κ2) is 7.72. The first-order valence-corrected chi connectivity index (χ1v) is 6.33. The maximum absolute atomic E-state index is 10.4. The molecule has 4 nitrogen and oxygen atoms in total. The van der Waals surface area contributed by atoms with Gasteiger partial charge in [0.15, 0.2) is 0 Å². The summed E-state index contributed by atoms with van der Waals surface area (Å²) in [5, 5.41) is 8.57. The van der Waals surface area contributed by atoms with Crippen LogP contribution in [0, 0.1) is 0 Å². The molecule has 0 aliphatic carbocycles. The summed E-state index contributed by atoms with van der Waals surface area (Å²) in [6.45, 7) is 1.60. The Balaban J connectivity index is 3.64. The molecule has 0 saturated heterocycles. The molecule has 0 atom stereocenters. The molecule has 0 aromatic heterocycles. The summed E-state index contributed by atoms with van der Waals surface area (Å²) in [5.41, 5.74) is 0.401. The second-order valence-electron chi connectivity index (χ2n) is 3.02. The molecule has 0 heterocycles. The van der Waals surface area contributed by atoms with E-state index in [4.69, 9.17) is 14.0 Å². The Labute approximate surface area is 86.4 Å². The summed E-state index contributed by atoms with van der Waals surface area (Å²) in [6, 6.07) is 0.913. The van der Waals surface area contributed by atoms with E-state index in [1.807, 2.05) is 0 Å². The molecule has 0 radical (unpaired) electrons. The lowest BCUT2D eigenvalue weighted by molar-refractivity contribution is -0.132. The normalized spacial score (nSPS) is 12.1. The molecular formula is C9H18O4Si. The molecule has 0 amide bonds. The van der Waals surface area contributed by atoms with Gasteiger partial charge in [-0.15, -0.1) is 0 Å². The number of carboxylic acid groups (broad SMARTS) is 1. The summed E-state index contributed by atoms with van der Waals surface area (Å²) >= 11 is 0. The minimum absolute atomic E-state index is 0.401. The van der Waals surface area contributed by atoms with E-state index in [9.17, 15) is 4.79 Å². The molecule has 0 fully saturated rings. The summed E-state index contributed by atoms with van der Waals surface area (Å²) in [7, 11) is 1.85. The molecule has 0 aliphatic rings. The van der Waals surface area contributed by atoms with Gasteiger partial charge in [0.2, 0.25) is 0 Å². The van der Waals surface area contributed by atoms with E-state index in [1.54, 1.807) is 27.2 Å². The van der Waals surface area contributed by atoms with Crippen LogP contribution in [-0.4, -0.2) is 34.6 Å². The zero-order valence-electron chi connectivity index (χ0n) is 8.95. The number of carbonyl (C=O) groups is 1. The molecule has 0 rings (SSSR count). The van der Waals surface area contributed by atoms with Crippen LogP contribution in [0.3, 0.4) is 0 Å². The van der Waals surface area contributed by atoms with Crippen molar-refractivity contribution in [1.29, 1.82) is 0 Å². The van der Waals surface area contributed by atoms with Crippen LogP contribution in [0.25, 0.3) is 0 Å². The molecule has 0 aliphatic heterocycles. The first-order valence-electron chi connectivity index (χ1n) is 4.57. The highest BCUT2D eigenvalue weighted by Gasteiger charge is 2.07. The Morgan fingerprint density at radius 1 is 1.43 bits per heavy atom. The third-order valence-electron chi connectivity index (χ3n) is 1.96. The molecule has 0 unspecified atom stereocenters. The summed E-state index contributed by atoms with van der Waals surface area (Å²) in [5.74, 6) is -0.850. The fourth-order valence-electron chi connectivity index (χ4n) is 1.02. The number of hydrogen-bond acceptors (Lipinski definition) is 3. The molecule has 0 saturated carbocycles. The first kappa shape index (κ1) is 13.3. The molecule has 0 spiro atoms. The summed E-state index contributed by atoms with van der Waals surface area (Å²) < 4.78 is 10.3. The highest BCUT2D eigenvalue weighted by molar-refractivity contribution is 6.44. The predicted octanol–water partition coefficient (Wildman–Crippen LogP) is 1.31. The number of carboxylic acids is 1. The van der Waals surface area contributed by atoms with Crippen LogP contribution in [0.15, 0.2) is 11.6 Å². The van der Waals surface area contributed by atoms with Gasteiger partial charge in [-0.05, 0) is 25.8 Å². The molecule has 1 N–H and O–H groups in total. The predicted molar refractivity (Wildman–Crippen MR) is 56.6 cm³/mol. The van der Waals surface area contributed by atoms with Crippen LogP contribution in [0.1, 0.15) is 19.8 Å². The fourth-order valence-corrected chi connectivity index (χ4v) is 2.26. The fraction of sp³-hybridized carbons (Fsp3) is 0.667. The zero-order chi connectivity index (χ0) is 11.0. The molecule has 0 aromatic carbocycles. The summed E-state index contributed by atoms with van der Waals surface area (Å²) in [6.07, 6.45) is 3.43. The second-order valence-corrected chi connectivity index (χ2v) is 5.40. The largest absolute Gasteiger partial charge is 0.478 e. The van der Waals surface area contributed by atoms with Crippen molar-refractivity contribution in [1.82, 2.24) is 0 Å². The molecule has 0 bridgehead atoms. The van der Waals surface area contributed by atoms with Crippen molar-refractivity contribution < 1.29 is 18.8 Å². The Bertz CT molecular complexity index is 199. The maximum atomic E-state index is 10.4. The van der Waals surface area contributed by atoms with Gasteiger partial charge < -0.3 is 14.0 Å². The molecule has 14 heavy (non-hydrogen) atoms. The van der Waals surface area contributed by atoms with Crippen LogP contribution in [0.2, 0.25) is 6.04 Å². The third-order valence-corrected chi connectivity index (χ3v) is 3.89. The standard InChI is InChI=1S/C9H18O4Si/c1-8(9(10)11)6-4-5-7-14(12-2)13-3/h6,14H,4-5,7H2,1-3H3,(H,10,11). The molecule has 82 valence electrons. The van der Waals surface area contributed by atoms with Crippen LogP contribution < -0.4 is 0 Å². The van der Waals surface area contributed by atoms with Crippen molar-refractivity contribution in [3.05, 3.63) is 11.6 Å². The van der Waals surface area contributed by atoms with Gasteiger partial charge >= 0.3 is 15.3 Å². The van der Waals surface area contributed by atoms with E-state index in [2.05, 4.69) is 0 Å². The van der Waals surface area contributed by atoms with Gasteiger partial charge in [-0.2, -0.15) is 0 Å². The molecule has 0 aromatic rings. The van der Waals surface area contributed by atoms with E-state index in [-0.39, 0.29) is 0 Å². The third kappa shape index (κ3) is 5.90. The average molecular weight is 218 g/mol.